The summed E-state index contributed by atoms with van der Waals surface area (Å²) in [6.07, 6.45) is 0.760. The number of ketones is 1. The molecular weight excluding hydrogens is 474 g/mol. The smallest absolute Gasteiger partial charge is 0.409 e. The number of Topliss-reactive ketones (excluding diaryl/α,β-unsaturated/α-hetero) is 1. The maximum absolute atomic E-state index is 13.6. The predicted octanol–water partition coefficient (Wildman–Crippen LogP) is 1.71. The zero-order chi connectivity index (χ0) is 25.8. The molecule has 1 aromatic rings. The number of hydrogen-bond acceptors (Lipinski definition) is 7. The highest BCUT2D eigenvalue weighted by Gasteiger charge is 2.59. The monoisotopic (exact) mass is 507 g/mol. The number of carbonyl (C=O) groups is 3. The number of fused-ring (bicyclic) bond motifs is 1. The first-order valence-electron chi connectivity index (χ1n) is 11.9. The maximum atomic E-state index is 13.6. The lowest BCUT2D eigenvalue weighted by Gasteiger charge is -2.33. The molecule has 3 heterocycles. The van der Waals surface area contributed by atoms with Crippen LogP contribution in [0.2, 0.25) is 0 Å². The maximum Gasteiger partial charge on any atom is 0.409 e. The third kappa shape index (κ3) is 4.74. The van der Waals surface area contributed by atoms with Gasteiger partial charge in [0.25, 0.3) is 11.5 Å². The van der Waals surface area contributed by atoms with Crippen molar-refractivity contribution in [2.45, 2.75) is 63.5 Å². The van der Waals surface area contributed by atoms with Crippen molar-refractivity contribution in [3.8, 4) is 0 Å². The molecule has 4 rings (SSSR count). The topological polar surface area (TPSA) is 123 Å². The van der Waals surface area contributed by atoms with Gasteiger partial charge in [-0.2, -0.15) is 0 Å². The highest BCUT2D eigenvalue weighted by atomic mass is 32.2. The standard InChI is InChI=1S/C24H33N3O7S/c1-16(28)18-5-6-19-21(30)26(11-12-27(19)20(18)29)14-24(8-9-24)35(32,33)17-7-10-25(13-17)22(31)34-15-23(2,3)4/h5-6,17H,7-15H2,1-4H3. The van der Waals surface area contributed by atoms with Gasteiger partial charge < -0.3 is 19.1 Å². The summed E-state index contributed by atoms with van der Waals surface area (Å²) in [5, 5.41) is -0.694. The Morgan fingerprint density at radius 1 is 1.11 bits per heavy atom. The third-order valence-electron chi connectivity index (χ3n) is 7.01. The highest BCUT2D eigenvalue weighted by molar-refractivity contribution is 7.93. The quantitative estimate of drug-likeness (QED) is 0.537. The minimum Gasteiger partial charge on any atom is -0.449 e. The average molecular weight is 508 g/mol. The van der Waals surface area contributed by atoms with Crippen molar-refractivity contribution in [1.82, 2.24) is 14.4 Å². The molecule has 1 saturated carbocycles. The van der Waals surface area contributed by atoms with Crippen molar-refractivity contribution in [2.24, 2.45) is 5.41 Å². The molecule has 0 N–H and O–H groups in total. The highest BCUT2D eigenvalue weighted by Crippen LogP contribution is 2.47. The van der Waals surface area contributed by atoms with Crippen molar-refractivity contribution in [3.05, 3.63) is 33.7 Å². The molecule has 2 fully saturated rings. The van der Waals surface area contributed by atoms with Crippen LogP contribution in [0.25, 0.3) is 0 Å². The Balaban J connectivity index is 1.45. The van der Waals surface area contributed by atoms with Crippen molar-refractivity contribution >= 4 is 27.6 Å². The van der Waals surface area contributed by atoms with Crippen LogP contribution in [0, 0.1) is 5.41 Å². The lowest BCUT2D eigenvalue weighted by molar-refractivity contribution is 0.0695. The Bertz CT molecular complexity index is 1220. The van der Waals surface area contributed by atoms with Gasteiger partial charge in [0.1, 0.15) is 5.69 Å². The lowest BCUT2D eigenvalue weighted by atomic mass is 9.99. The first-order valence-corrected chi connectivity index (χ1v) is 13.5. The Kier molecular flexibility index (Phi) is 6.36. The van der Waals surface area contributed by atoms with Gasteiger partial charge in [-0.05, 0) is 43.7 Å². The Labute approximate surface area is 205 Å². The molecule has 2 amide bonds. The zero-order valence-electron chi connectivity index (χ0n) is 20.7. The number of carbonyl (C=O) groups excluding carboxylic acids is 3. The summed E-state index contributed by atoms with van der Waals surface area (Å²) in [7, 11) is -3.62. The van der Waals surface area contributed by atoms with Gasteiger partial charge in [-0.1, -0.05) is 20.8 Å². The minimum absolute atomic E-state index is 0.0306. The SMILES string of the molecule is CC(=O)c1ccc2n(c1=O)CCN(CC1(S(=O)(=O)C3CCN(C(=O)OCC(C)(C)C)C3)CC1)C2=O. The van der Waals surface area contributed by atoms with Gasteiger partial charge in [0, 0.05) is 32.7 Å². The average Bonchev–Trinajstić information content (AvgIpc) is 3.39. The van der Waals surface area contributed by atoms with Gasteiger partial charge in [0.15, 0.2) is 15.6 Å². The van der Waals surface area contributed by atoms with Crippen LogP contribution in [0.5, 0.6) is 0 Å². The van der Waals surface area contributed by atoms with E-state index in [4.69, 9.17) is 4.74 Å². The van der Waals surface area contributed by atoms with Crippen LogP contribution < -0.4 is 5.56 Å². The number of ether oxygens (including phenoxy) is 1. The van der Waals surface area contributed by atoms with Gasteiger partial charge in [-0.25, -0.2) is 13.2 Å². The summed E-state index contributed by atoms with van der Waals surface area (Å²) in [5.74, 6) is -0.778. The fraction of sp³-hybridized carbons (Fsp3) is 0.667. The summed E-state index contributed by atoms with van der Waals surface area (Å²) < 4.78 is 32.8. The molecule has 1 aliphatic carbocycles. The molecule has 11 heteroatoms. The number of hydrogen-bond donors (Lipinski definition) is 0. The molecule has 1 aromatic heterocycles. The number of sulfone groups is 1. The summed E-state index contributed by atoms with van der Waals surface area (Å²) in [5.41, 5.74) is -0.491. The number of aromatic nitrogens is 1. The van der Waals surface area contributed by atoms with Crippen LogP contribution in [-0.2, 0) is 21.1 Å². The van der Waals surface area contributed by atoms with E-state index in [1.165, 1.54) is 33.4 Å². The van der Waals surface area contributed by atoms with Crippen LogP contribution in [0.15, 0.2) is 16.9 Å². The van der Waals surface area contributed by atoms with Gasteiger partial charge in [0.05, 0.1) is 22.2 Å². The van der Waals surface area contributed by atoms with Crippen LogP contribution in [0.1, 0.15) is 67.8 Å². The molecule has 2 aliphatic heterocycles. The molecule has 35 heavy (non-hydrogen) atoms. The second kappa shape index (κ2) is 8.76. The Morgan fingerprint density at radius 3 is 2.40 bits per heavy atom. The molecule has 10 nitrogen and oxygen atoms in total. The zero-order valence-corrected chi connectivity index (χ0v) is 21.5. The van der Waals surface area contributed by atoms with Crippen LogP contribution in [-0.4, -0.2) is 83.4 Å². The summed E-state index contributed by atoms with van der Waals surface area (Å²) >= 11 is 0. The largest absolute Gasteiger partial charge is 0.449 e. The second-order valence-corrected chi connectivity index (χ2v) is 13.7. The Hall–Kier alpha value is -2.69. The number of amides is 2. The van der Waals surface area contributed by atoms with Crippen molar-refractivity contribution in [2.75, 3.05) is 32.8 Å². The number of nitrogens with zero attached hydrogens (tertiary/aromatic N) is 3. The molecular formula is C24H33N3O7S. The molecule has 0 bridgehead atoms. The lowest BCUT2D eigenvalue weighted by Crippen LogP contribution is -2.51. The molecule has 0 spiro atoms. The van der Waals surface area contributed by atoms with Gasteiger partial charge in [-0.3, -0.25) is 14.4 Å². The number of rotatable bonds is 6. The van der Waals surface area contributed by atoms with Crippen molar-refractivity contribution in [3.63, 3.8) is 0 Å². The summed E-state index contributed by atoms with van der Waals surface area (Å²) in [4.78, 5) is 52.7. The fourth-order valence-electron chi connectivity index (χ4n) is 4.78. The van der Waals surface area contributed by atoms with E-state index in [-0.39, 0.29) is 55.2 Å². The van der Waals surface area contributed by atoms with E-state index in [1.807, 2.05) is 20.8 Å². The van der Waals surface area contributed by atoms with Gasteiger partial charge in [-0.15, -0.1) is 0 Å². The van der Waals surface area contributed by atoms with E-state index < -0.39 is 37.4 Å². The Morgan fingerprint density at radius 2 is 1.80 bits per heavy atom. The fourth-order valence-corrected chi connectivity index (χ4v) is 7.29. The number of likely N-dealkylation sites (tertiary alicyclic amines) is 1. The second-order valence-electron chi connectivity index (χ2n) is 11.1. The van der Waals surface area contributed by atoms with Crippen LogP contribution >= 0.6 is 0 Å². The number of pyridine rings is 1. The molecule has 3 aliphatic rings. The van der Waals surface area contributed by atoms with E-state index in [0.717, 1.165) is 0 Å². The van der Waals surface area contributed by atoms with E-state index in [2.05, 4.69) is 0 Å². The molecule has 1 unspecified atom stereocenters. The van der Waals surface area contributed by atoms with Crippen molar-refractivity contribution in [1.29, 1.82) is 0 Å². The van der Waals surface area contributed by atoms with Crippen molar-refractivity contribution < 1.29 is 27.5 Å². The van der Waals surface area contributed by atoms with Crippen LogP contribution in [0.3, 0.4) is 0 Å². The molecule has 0 radical (unpaired) electrons. The molecule has 0 aromatic carbocycles. The summed E-state index contributed by atoms with van der Waals surface area (Å²) in [6.45, 7) is 8.27. The first-order chi connectivity index (χ1) is 16.3. The normalized spacial score (nSPS) is 21.6. The van der Waals surface area contributed by atoms with E-state index in [9.17, 15) is 27.6 Å². The van der Waals surface area contributed by atoms with E-state index in [1.54, 1.807) is 0 Å². The van der Waals surface area contributed by atoms with E-state index in [0.29, 0.717) is 25.8 Å². The first kappa shape index (κ1) is 25.4. The molecule has 192 valence electrons. The van der Waals surface area contributed by atoms with Gasteiger partial charge >= 0.3 is 6.09 Å². The van der Waals surface area contributed by atoms with Gasteiger partial charge in [0.2, 0.25) is 0 Å². The molecule has 1 atom stereocenters. The summed E-state index contributed by atoms with van der Waals surface area (Å²) in [6, 6.07) is 2.81. The third-order valence-corrected chi connectivity index (χ3v) is 10.0. The minimum atomic E-state index is -3.62. The molecule has 1 saturated heterocycles. The predicted molar refractivity (Wildman–Crippen MR) is 128 cm³/mol. The van der Waals surface area contributed by atoms with Crippen LogP contribution in [0.4, 0.5) is 4.79 Å². The van der Waals surface area contributed by atoms with E-state index >= 15 is 0 Å².